The molecule has 0 saturated carbocycles. The average molecular weight is 363 g/mol. The Hall–Kier alpha value is -1.40. The first-order valence-electron chi connectivity index (χ1n) is 8.37. The number of carbonyl (C=O) groups excluding carboxylic acids is 2. The van der Waals surface area contributed by atoms with Crippen LogP contribution in [0.2, 0.25) is 0 Å². The zero-order valence-electron chi connectivity index (χ0n) is 14.1. The van der Waals surface area contributed by atoms with Crippen molar-refractivity contribution < 1.29 is 9.59 Å². The highest BCUT2D eigenvalue weighted by molar-refractivity contribution is 8.23. The molecule has 2 aliphatic rings. The number of nitrogens with zero attached hydrogens (tertiary/aromatic N) is 2. The van der Waals surface area contributed by atoms with E-state index in [0.29, 0.717) is 0 Å². The summed E-state index contributed by atoms with van der Waals surface area (Å²) < 4.78 is 0.754. The molecule has 2 aliphatic heterocycles. The average Bonchev–Trinajstić information content (AvgIpc) is 2.83. The fourth-order valence-electron chi connectivity index (χ4n) is 3.36. The molecule has 0 N–H and O–H groups in total. The molecule has 6 heteroatoms. The second-order valence-corrected chi connectivity index (χ2v) is 8.27. The van der Waals surface area contributed by atoms with Crippen LogP contribution in [0.4, 0.5) is 5.69 Å². The number of imide groups is 1. The van der Waals surface area contributed by atoms with Gasteiger partial charge in [0.25, 0.3) is 0 Å². The van der Waals surface area contributed by atoms with Gasteiger partial charge in [-0.05, 0) is 44.2 Å². The van der Waals surface area contributed by atoms with Crippen molar-refractivity contribution in [1.29, 1.82) is 0 Å². The summed E-state index contributed by atoms with van der Waals surface area (Å²) in [5, 5.41) is -0.397. The monoisotopic (exact) mass is 362 g/mol. The Labute approximate surface area is 152 Å². The van der Waals surface area contributed by atoms with Gasteiger partial charge in [0, 0.05) is 19.5 Å². The molecule has 0 radical (unpaired) electrons. The Morgan fingerprint density at radius 2 is 1.75 bits per heavy atom. The van der Waals surface area contributed by atoms with Crippen molar-refractivity contribution in [2.45, 2.75) is 44.8 Å². The smallest absolute Gasteiger partial charge is 0.247 e. The van der Waals surface area contributed by atoms with Crippen LogP contribution >= 0.6 is 24.0 Å². The van der Waals surface area contributed by atoms with Crippen molar-refractivity contribution in [3.05, 3.63) is 29.3 Å². The number of carbonyl (C=O) groups is 2. The van der Waals surface area contributed by atoms with E-state index in [9.17, 15) is 9.59 Å². The van der Waals surface area contributed by atoms with E-state index >= 15 is 0 Å². The molecule has 128 valence electrons. The van der Waals surface area contributed by atoms with Crippen LogP contribution in [0.3, 0.4) is 0 Å². The van der Waals surface area contributed by atoms with Crippen LogP contribution in [0.25, 0.3) is 0 Å². The van der Waals surface area contributed by atoms with E-state index in [2.05, 4.69) is 4.90 Å². The topological polar surface area (TPSA) is 40.6 Å². The standard InChI is InChI=1S/C18H22N2O2S2/c1-12-7-6-8-13(2)16(12)20-15(21)11-14(17(20)22)24-18(23)19-9-4-3-5-10-19/h6-8,14H,3-5,9-11H2,1-2H3/t14-/m0/s1. The number of benzene rings is 1. The van der Waals surface area contributed by atoms with Crippen molar-refractivity contribution in [2.24, 2.45) is 0 Å². The number of rotatable bonds is 2. The van der Waals surface area contributed by atoms with Crippen LogP contribution in [0.1, 0.15) is 36.8 Å². The van der Waals surface area contributed by atoms with Crippen molar-refractivity contribution >= 4 is 45.8 Å². The van der Waals surface area contributed by atoms with Gasteiger partial charge in [0.15, 0.2) is 0 Å². The van der Waals surface area contributed by atoms with Crippen molar-refractivity contribution in [2.75, 3.05) is 18.0 Å². The van der Waals surface area contributed by atoms with E-state index in [4.69, 9.17) is 12.2 Å². The highest BCUT2D eigenvalue weighted by Crippen LogP contribution is 2.34. The van der Waals surface area contributed by atoms with Gasteiger partial charge in [-0.25, -0.2) is 4.90 Å². The number of hydrogen-bond acceptors (Lipinski definition) is 4. The summed E-state index contributed by atoms with van der Waals surface area (Å²) in [6.07, 6.45) is 3.76. The lowest BCUT2D eigenvalue weighted by atomic mass is 10.1. The van der Waals surface area contributed by atoms with Gasteiger partial charge >= 0.3 is 0 Å². The number of anilines is 1. The molecule has 0 unspecified atom stereocenters. The van der Waals surface area contributed by atoms with E-state index in [-0.39, 0.29) is 18.2 Å². The SMILES string of the molecule is Cc1cccc(C)c1N1C(=O)C[C@H](SC(=S)N2CCCCC2)C1=O. The maximum atomic E-state index is 12.8. The van der Waals surface area contributed by atoms with Gasteiger partial charge in [0.05, 0.1) is 5.69 Å². The maximum Gasteiger partial charge on any atom is 0.247 e. The summed E-state index contributed by atoms with van der Waals surface area (Å²) in [6.45, 7) is 5.78. The number of para-hydroxylation sites is 1. The first-order chi connectivity index (χ1) is 11.5. The lowest BCUT2D eigenvalue weighted by molar-refractivity contribution is -0.121. The normalized spacial score (nSPS) is 21.5. The zero-order chi connectivity index (χ0) is 17.3. The first kappa shape index (κ1) is 17.4. The molecule has 2 fully saturated rings. The second-order valence-electron chi connectivity index (χ2n) is 6.43. The Bertz CT molecular complexity index is 663. The minimum absolute atomic E-state index is 0.128. The third-order valence-corrected chi connectivity index (χ3v) is 6.29. The van der Waals surface area contributed by atoms with Crippen LogP contribution in [0, 0.1) is 13.8 Å². The molecule has 4 nitrogen and oxygen atoms in total. The van der Waals surface area contributed by atoms with Crippen molar-refractivity contribution in [1.82, 2.24) is 4.90 Å². The Balaban J connectivity index is 1.75. The van der Waals surface area contributed by atoms with Crippen LogP contribution in [-0.4, -0.2) is 39.4 Å². The van der Waals surface area contributed by atoms with Gasteiger partial charge in [-0.2, -0.15) is 0 Å². The molecule has 0 aliphatic carbocycles. The van der Waals surface area contributed by atoms with Crippen molar-refractivity contribution in [3.63, 3.8) is 0 Å². The molecular formula is C18H22N2O2S2. The summed E-state index contributed by atoms with van der Waals surface area (Å²) in [5.41, 5.74) is 2.63. The van der Waals surface area contributed by atoms with E-state index in [1.165, 1.54) is 23.1 Å². The molecule has 1 aromatic carbocycles. The van der Waals surface area contributed by atoms with E-state index in [1.54, 1.807) is 0 Å². The number of amides is 2. The molecule has 0 bridgehead atoms. The summed E-state index contributed by atoms with van der Waals surface area (Å²) >= 11 is 6.90. The molecule has 1 atom stereocenters. The summed E-state index contributed by atoms with van der Waals surface area (Å²) in [5.74, 6) is -0.266. The quantitative estimate of drug-likeness (QED) is 0.595. The third kappa shape index (κ3) is 3.35. The number of piperidine rings is 1. The zero-order valence-corrected chi connectivity index (χ0v) is 15.7. The van der Waals surface area contributed by atoms with Crippen molar-refractivity contribution in [3.8, 4) is 0 Å². The Morgan fingerprint density at radius 1 is 1.12 bits per heavy atom. The predicted molar refractivity (Wildman–Crippen MR) is 102 cm³/mol. The third-order valence-electron chi connectivity index (χ3n) is 4.63. The number of aryl methyl sites for hydroxylation is 2. The molecule has 0 spiro atoms. The van der Waals surface area contributed by atoms with Crippen LogP contribution in [0.15, 0.2) is 18.2 Å². The fraction of sp³-hybridized carbons (Fsp3) is 0.500. The lowest BCUT2D eigenvalue weighted by Gasteiger charge is -2.29. The van der Waals surface area contributed by atoms with E-state index < -0.39 is 5.25 Å². The largest absolute Gasteiger partial charge is 0.358 e. The van der Waals surface area contributed by atoms with Gasteiger partial charge in [0.1, 0.15) is 9.57 Å². The van der Waals surface area contributed by atoms with Crippen LogP contribution in [0.5, 0.6) is 0 Å². The van der Waals surface area contributed by atoms with Gasteiger partial charge in [-0.1, -0.05) is 42.2 Å². The number of thiocarbonyl (C=S) groups is 1. The van der Waals surface area contributed by atoms with Gasteiger partial charge in [0.2, 0.25) is 11.8 Å². The number of hydrogen-bond donors (Lipinski definition) is 0. The van der Waals surface area contributed by atoms with E-state index in [0.717, 1.165) is 47.1 Å². The van der Waals surface area contributed by atoms with Gasteiger partial charge in [-0.3, -0.25) is 9.59 Å². The molecule has 2 heterocycles. The molecule has 24 heavy (non-hydrogen) atoms. The van der Waals surface area contributed by atoms with E-state index in [1.807, 2.05) is 32.0 Å². The molecule has 2 saturated heterocycles. The Morgan fingerprint density at radius 3 is 2.38 bits per heavy atom. The number of thioether (sulfide) groups is 1. The molecule has 1 aromatic rings. The van der Waals surface area contributed by atoms with Gasteiger partial charge < -0.3 is 4.90 Å². The minimum Gasteiger partial charge on any atom is -0.358 e. The van der Waals surface area contributed by atoms with Gasteiger partial charge in [-0.15, -0.1) is 0 Å². The molecule has 2 amide bonds. The van der Waals surface area contributed by atoms with Crippen LogP contribution in [-0.2, 0) is 9.59 Å². The highest BCUT2D eigenvalue weighted by atomic mass is 32.2. The lowest BCUT2D eigenvalue weighted by Crippen LogP contribution is -2.36. The second kappa shape index (κ2) is 7.23. The first-order valence-corrected chi connectivity index (χ1v) is 9.66. The molecular weight excluding hydrogens is 340 g/mol. The summed E-state index contributed by atoms with van der Waals surface area (Å²) in [7, 11) is 0. The Kier molecular flexibility index (Phi) is 5.25. The fourth-order valence-corrected chi connectivity index (χ4v) is 4.90. The summed E-state index contributed by atoms with van der Waals surface area (Å²) in [4.78, 5) is 28.9. The minimum atomic E-state index is -0.397. The number of likely N-dealkylation sites (tertiary alicyclic amines) is 1. The maximum absolute atomic E-state index is 12.8. The highest BCUT2D eigenvalue weighted by Gasteiger charge is 2.42. The molecule has 3 rings (SSSR count). The predicted octanol–water partition coefficient (Wildman–Crippen LogP) is 3.44. The summed E-state index contributed by atoms with van der Waals surface area (Å²) in [6, 6.07) is 5.81. The van der Waals surface area contributed by atoms with Crippen LogP contribution < -0.4 is 4.90 Å². The molecule has 0 aromatic heterocycles.